The molecule has 1 aliphatic heterocycles. The highest BCUT2D eigenvalue weighted by Gasteiger charge is 2.11. The molecular weight excluding hydrogens is 232 g/mol. The molecule has 0 bridgehead atoms. The van der Waals surface area contributed by atoms with E-state index in [4.69, 9.17) is 0 Å². The highest BCUT2D eigenvalue weighted by atomic mass is 15.0. The Morgan fingerprint density at radius 1 is 1.37 bits per heavy atom. The molecule has 2 rings (SSSR count). The number of piperidine rings is 1. The topological polar surface area (TPSA) is 24.1 Å². The van der Waals surface area contributed by atoms with Crippen molar-refractivity contribution in [2.75, 3.05) is 19.6 Å². The molecule has 1 aliphatic rings. The first-order valence-corrected chi connectivity index (χ1v) is 7.70. The molecule has 2 nitrogen and oxygen atoms in total. The lowest BCUT2D eigenvalue weighted by Crippen LogP contribution is -2.43. The molecular formula is C17H28N2. The van der Waals surface area contributed by atoms with Gasteiger partial charge in [-0.1, -0.05) is 32.0 Å². The molecule has 2 N–H and O–H groups in total. The van der Waals surface area contributed by atoms with Gasteiger partial charge in [0.15, 0.2) is 0 Å². The fraction of sp³-hybridized carbons (Fsp3) is 0.647. The first-order chi connectivity index (χ1) is 9.16. The molecule has 0 spiro atoms. The van der Waals surface area contributed by atoms with E-state index < -0.39 is 0 Å². The lowest BCUT2D eigenvalue weighted by Gasteiger charge is -2.24. The third kappa shape index (κ3) is 4.32. The second-order valence-electron chi connectivity index (χ2n) is 6.09. The molecule has 1 unspecified atom stereocenters. The van der Waals surface area contributed by atoms with Crippen LogP contribution in [0.4, 0.5) is 0 Å². The molecule has 1 heterocycles. The molecule has 1 atom stereocenters. The van der Waals surface area contributed by atoms with Crippen molar-refractivity contribution >= 4 is 0 Å². The van der Waals surface area contributed by atoms with Crippen LogP contribution < -0.4 is 10.6 Å². The summed E-state index contributed by atoms with van der Waals surface area (Å²) < 4.78 is 0. The first kappa shape index (κ1) is 14.5. The molecule has 106 valence electrons. The summed E-state index contributed by atoms with van der Waals surface area (Å²) in [7, 11) is 0. The van der Waals surface area contributed by atoms with E-state index in [2.05, 4.69) is 49.6 Å². The second kappa shape index (κ2) is 7.06. The number of hydrogen-bond donors (Lipinski definition) is 2. The summed E-state index contributed by atoms with van der Waals surface area (Å²) in [6, 6.07) is 7.60. The predicted octanol–water partition coefficient (Wildman–Crippen LogP) is 3.00. The van der Waals surface area contributed by atoms with Crippen molar-refractivity contribution in [1.82, 2.24) is 10.6 Å². The molecule has 0 aromatic heterocycles. The minimum absolute atomic E-state index is 0.620. The van der Waals surface area contributed by atoms with Crippen LogP contribution in [0.5, 0.6) is 0 Å². The normalized spacial score (nSPS) is 19.9. The van der Waals surface area contributed by atoms with Gasteiger partial charge in [-0.15, -0.1) is 0 Å². The van der Waals surface area contributed by atoms with Crippen molar-refractivity contribution in [3.05, 3.63) is 34.9 Å². The smallest absolute Gasteiger partial charge is 0.0193 e. The molecule has 1 aromatic carbocycles. The van der Waals surface area contributed by atoms with Gasteiger partial charge in [-0.05, 0) is 61.9 Å². The van der Waals surface area contributed by atoms with Crippen LogP contribution in [0.1, 0.15) is 49.3 Å². The maximum Gasteiger partial charge on any atom is 0.0193 e. The largest absolute Gasteiger partial charge is 0.315 e. The molecule has 0 amide bonds. The van der Waals surface area contributed by atoms with Gasteiger partial charge in [-0.25, -0.2) is 0 Å². The van der Waals surface area contributed by atoms with Gasteiger partial charge in [0.05, 0.1) is 0 Å². The number of benzene rings is 1. The maximum absolute atomic E-state index is 3.68. The SMILES string of the molecule is Cc1ccc(C(C)C)cc1CCNC1CCCNC1. The monoisotopic (exact) mass is 260 g/mol. The zero-order chi connectivity index (χ0) is 13.7. The lowest BCUT2D eigenvalue weighted by molar-refractivity contribution is 0.392. The number of nitrogens with one attached hydrogen (secondary N) is 2. The minimum atomic E-state index is 0.620. The molecule has 1 saturated heterocycles. The van der Waals surface area contributed by atoms with Gasteiger partial charge in [-0.2, -0.15) is 0 Å². The van der Waals surface area contributed by atoms with Crippen molar-refractivity contribution in [2.45, 2.75) is 52.0 Å². The molecule has 2 heteroatoms. The molecule has 1 aromatic rings. The summed E-state index contributed by atoms with van der Waals surface area (Å²) >= 11 is 0. The Balaban J connectivity index is 1.86. The van der Waals surface area contributed by atoms with E-state index in [0.717, 1.165) is 19.5 Å². The Morgan fingerprint density at radius 2 is 2.21 bits per heavy atom. The summed E-state index contributed by atoms with van der Waals surface area (Å²) in [6.07, 6.45) is 3.76. The second-order valence-corrected chi connectivity index (χ2v) is 6.09. The van der Waals surface area contributed by atoms with Crippen LogP contribution in [-0.4, -0.2) is 25.7 Å². The third-order valence-electron chi connectivity index (χ3n) is 4.16. The van der Waals surface area contributed by atoms with Crippen molar-refractivity contribution in [3.63, 3.8) is 0 Å². The Labute approximate surface area is 118 Å². The van der Waals surface area contributed by atoms with E-state index in [1.807, 2.05) is 0 Å². The van der Waals surface area contributed by atoms with E-state index in [9.17, 15) is 0 Å². The minimum Gasteiger partial charge on any atom is -0.315 e. The van der Waals surface area contributed by atoms with Gasteiger partial charge in [0.1, 0.15) is 0 Å². The standard InChI is InChI=1S/C17H28N2/c1-13(2)15-7-6-14(3)16(11-15)8-10-19-17-5-4-9-18-12-17/h6-7,11,13,17-19H,4-5,8-10,12H2,1-3H3. The van der Waals surface area contributed by atoms with E-state index in [-0.39, 0.29) is 0 Å². The summed E-state index contributed by atoms with van der Waals surface area (Å²) in [5, 5.41) is 7.14. The first-order valence-electron chi connectivity index (χ1n) is 7.70. The number of hydrogen-bond acceptors (Lipinski definition) is 2. The zero-order valence-electron chi connectivity index (χ0n) is 12.6. The summed E-state index contributed by atoms with van der Waals surface area (Å²) in [6.45, 7) is 10.2. The Hall–Kier alpha value is -0.860. The average Bonchev–Trinajstić information content (AvgIpc) is 2.42. The molecule has 19 heavy (non-hydrogen) atoms. The lowest BCUT2D eigenvalue weighted by atomic mass is 9.96. The Bertz CT molecular complexity index is 392. The Morgan fingerprint density at radius 3 is 2.89 bits per heavy atom. The average molecular weight is 260 g/mol. The maximum atomic E-state index is 3.68. The van der Waals surface area contributed by atoms with Crippen molar-refractivity contribution in [3.8, 4) is 0 Å². The van der Waals surface area contributed by atoms with Gasteiger partial charge < -0.3 is 10.6 Å². The van der Waals surface area contributed by atoms with Gasteiger partial charge in [0, 0.05) is 12.6 Å². The van der Waals surface area contributed by atoms with Crippen LogP contribution in [-0.2, 0) is 6.42 Å². The van der Waals surface area contributed by atoms with Crippen LogP contribution >= 0.6 is 0 Å². The fourth-order valence-electron chi connectivity index (χ4n) is 2.76. The molecule has 1 fully saturated rings. The Kier molecular flexibility index (Phi) is 5.41. The van der Waals surface area contributed by atoms with Crippen LogP contribution in [0.3, 0.4) is 0 Å². The van der Waals surface area contributed by atoms with Crippen LogP contribution in [0.15, 0.2) is 18.2 Å². The number of rotatable bonds is 5. The van der Waals surface area contributed by atoms with Crippen molar-refractivity contribution in [1.29, 1.82) is 0 Å². The summed E-state index contributed by atoms with van der Waals surface area (Å²) in [5.41, 5.74) is 4.38. The molecule has 0 aliphatic carbocycles. The summed E-state index contributed by atoms with van der Waals surface area (Å²) in [4.78, 5) is 0. The van der Waals surface area contributed by atoms with Gasteiger partial charge >= 0.3 is 0 Å². The van der Waals surface area contributed by atoms with Crippen LogP contribution in [0, 0.1) is 6.92 Å². The quantitative estimate of drug-likeness (QED) is 0.850. The van der Waals surface area contributed by atoms with Crippen LogP contribution in [0.25, 0.3) is 0 Å². The van der Waals surface area contributed by atoms with Gasteiger partial charge in [0.2, 0.25) is 0 Å². The van der Waals surface area contributed by atoms with E-state index in [1.54, 1.807) is 0 Å². The highest BCUT2D eigenvalue weighted by Crippen LogP contribution is 2.18. The fourth-order valence-corrected chi connectivity index (χ4v) is 2.76. The van der Waals surface area contributed by atoms with Crippen LogP contribution in [0.2, 0.25) is 0 Å². The van der Waals surface area contributed by atoms with E-state index in [1.165, 1.54) is 36.1 Å². The third-order valence-corrected chi connectivity index (χ3v) is 4.16. The zero-order valence-corrected chi connectivity index (χ0v) is 12.6. The van der Waals surface area contributed by atoms with Crippen molar-refractivity contribution < 1.29 is 0 Å². The predicted molar refractivity (Wildman–Crippen MR) is 82.9 cm³/mol. The number of aryl methyl sites for hydroxylation is 1. The highest BCUT2D eigenvalue weighted by molar-refractivity contribution is 5.32. The van der Waals surface area contributed by atoms with Gasteiger partial charge in [0.25, 0.3) is 0 Å². The molecule has 0 radical (unpaired) electrons. The van der Waals surface area contributed by atoms with Gasteiger partial charge in [-0.3, -0.25) is 0 Å². The van der Waals surface area contributed by atoms with E-state index >= 15 is 0 Å². The summed E-state index contributed by atoms with van der Waals surface area (Å²) in [5.74, 6) is 0.620. The van der Waals surface area contributed by atoms with Crippen molar-refractivity contribution in [2.24, 2.45) is 0 Å². The molecule has 0 saturated carbocycles. The van der Waals surface area contributed by atoms with E-state index in [0.29, 0.717) is 12.0 Å².